The van der Waals surface area contributed by atoms with Crippen LogP contribution in [0.4, 0.5) is 0 Å². The normalized spacial score (nSPS) is 15.9. The number of hydrogen-bond donors (Lipinski definition) is 0. The van der Waals surface area contributed by atoms with E-state index in [9.17, 15) is 9.59 Å². The molecular weight excluding hydrogens is 600 g/mol. The van der Waals surface area contributed by atoms with Crippen LogP contribution in [0.5, 0.6) is 11.5 Å². The number of aryl methyl sites for hydroxylation is 1. The minimum Gasteiger partial charge on any atom is -0.492 e. The summed E-state index contributed by atoms with van der Waals surface area (Å²) in [6.07, 6.45) is 19.9. The zero-order valence-corrected chi connectivity index (χ0v) is 29.4. The lowest BCUT2D eigenvalue weighted by Crippen LogP contribution is -2.12. The molecule has 0 radical (unpaired) electrons. The maximum atomic E-state index is 12.3. The van der Waals surface area contributed by atoms with Crippen LogP contribution in [-0.4, -0.2) is 38.4 Å². The maximum absolute atomic E-state index is 12.3. The van der Waals surface area contributed by atoms with Gasteiger partial charge in [-0.05, 0) is 68.4 Å². The molecule has 6 heteroatoms. The van der Waals surface area contributed by atoms with Crippen LogP contribution in [0.3, 0.4) is 0 Å². The molecule has 0 N–H and O–H groups in total. The highest BCUT2D eigenvalue weighted by Crippen LogP contribution is 2.43. The van der Waals surface area contributed by atoms with Gasteiger partial charge in [0.1, 0.15) is 11.5 Å². The minimum atomic E-state index is -0.0955. The topological polar surface area (TPSA) is 71.1 Å². The Kier molecular flexibility index (Phi) is 14.7. The second kappa shape index (κ2) is 19.7. The van der Waals surface area contributed by atoms with E-state index in [0.29, 0.717) is 39.3 Å². The van der Waals surface area contributed by atoms with E-state index in [4.69, 9.17) is 18.9 Å². The van der Waals surface area contributed by atoms with Crippen molar-refractivity contribution in [3.8, 4) is 11.5 Å². The second-order valence-electron chi connectivity index (χ2n) is 14.1. The molecule has 0 saturated heterocycles. The number of benzene rings is 3. The summed E-state index contributed by atoms with van der Waals surface area (Å²) in [6.45, 7) is 4.33. The van der Waals surface area contributed by atoms with Crippen molar-refractivity contribution < 1.29 is 28.5 Å². The highest BCUT2D eigenvalue weighted by Gasteiger charge is 2.18. The van der Waals surface area contributed by atoms with E-state index in [0.717, 1.165) is 89.8 Å². The molecule has 2 aliphatic carbocycles. The fourth-order valence-electron chi connectivity index (χ4n) is 7.54. The SMILES string of the molecule is CCc1ccc2c(OCCCCC(=O)OCCC3CCCCC3)c3ccccc3c(OCCCCC(=O)OCCC3CCCCC3)c2c1. The zero-order valence-electron chi connectivity index (χ0n) is 29.4. The molecule has 0 spiro atoms. The minimum absolute atomic E-state index is 0.0950. The number of unbranched alkanes of at least 4 members (excludes halogenated alkanes) is 2. The Balaban J connectivity index is 1.12. The first-order valence-electron chi connectivity index (χ1n) is 19.2. The van der Waals surface area contributed by atoms with Gasteiger partial charge in [-0.25, -0.2) is 0 Å². The largest absolute Gasteiger partial charge is 0.492 e. The van der Waals surface area contributed by atoms with Crippen molar-refractivity contribution in [2.24, 2.45) is 11.8 Å². The van der Waals surface area contributed by atoms with Gasteiger partial charge in [-0.1, -0.05) is 108 Å². The van der Waals surface area contributed by atoms with Crippen LogP contribution in [0.15, 0.2) is 42.5 Å². The van der Waals surface area contributed by atoms with Gasteiger partial charge in [0.2, 0.25) is 0 Å². The van der Waals surface area contributed by atoms with Crippen molar-refractivity contribution >= 4 is 33.5 Å². The number of ether oxygens (including phenoxy) is 4. The molecule has 6 nitrogen and oxygen atoms in total. The van der Waals surface area contributed by atoms with Crippen LogP contribution in [0.1, 0.15) is 128 Å². The summed E-state index contributed by atoms with van der Waals surface area (Å²) in [7, 11) is 0. The number of carbonyl (C=O) groups is 2. The Labute approximate surface area is 288 Å². The van der Waals surface area contributed by atoms with Gasteiger partial charge >= 0.3 is 11.9 Å². The molecule has 0 heterocycles. The first-order valence-corrected chi connectivity index (χ1v) is 19.2. The zero-order chi connectivity index (χ0) is 33.4. The third kappa shape index (κ3) is 10.9. The van der Waals surface area contributed by atoms with E-state index in [2.05, 4.69) is 37.3 Å². The molecule has 5 rings (SSSR count). The van der Waals surface area contributed by atoms with E-state index < -0.39 is 0 Å². The first-order chi connectivity index (χ1) is 23.6. The van der Waals surface area contributed by atoms with Crippen molar-refractivity contribution in [1.29, 1.82) is 0 Å². The molecule has 3 aromatic rings. The average molecular weight is 659 g/mol. The molecule has 0 unspecified atom stereocenters. The summed E-state index contributed by atoms with van der Waals surface area (Å²) in [5.74, 6) is 3.00. The predicted octanol–water partition coefficient (Wildman–Crippen LogP) is 10.7. The molecule has 0 aromatic heterocycles. The van der Waals surface area contributed by atoms with Gasteiger partial charge < -0.3 is 18.9 Å². The first kappa shape index (κ1) is 36.0. The number of hydrogen-bond acceptors (Lipinski definition) is 6. The molecule has 0 aliphatic heterocycles. The summed E-state index contributed by atoms with van der Waals surface area (Å²) in [4.78, 5) is 24.7. The third-order valence-corrected chi connectivity index (χ3v) is 10.5. The monoisotopic (exact) mass is 658 g/mol. The molecule has 2 aliphatic rings. The molecule has 48 heavy (non-hydrogen) atoms. The summed E-state index contributed by atoms with van der Waals surface area (Å²) in [5, 5.41) is 4.13. The third-order valence-electron chi connectivity index (χ3n) is 10.5. The van der Waals surface area contributed by atoms with Crippen molar-refractivity contribution in [2.75, 3.05) is 26.4 Å². The highest BCUT2D eigenvalue weighted by molar-refractivity contribution is 6.11. The van der Waals surface area contributed by atoms with E-state index in [1.54, 1.807) is 0 Å². The maximum Gasteiger partial charge on any atom is 0.305 e. The van der Waals surface area contributed by atoms with Crippen LogP contribution in [-0.2, 0) is 25.5 Å². The lowest BCUT2D eigenvalue weighted by molar-refractivity contribution is -0.145. The fourth-order valence-corrected chi connectivity index (χ4v) is 7.54. The fraction of sp³-hybridized carbons (Fsp3) is 0.619. The summed E-state index contributed by atoms with van der Waals surface area (Å²) in [6, 6.07) is 14.8. The Hall–Kier alpha value is -3.28. The van der Waals surface area contributed by atoms with Crippen LogP contribution in [0.2, 0.25) is 0 Å². The molecule has 3 aromatic carbocycles. The predicted molar refractivity (Wildman–Crippen MR) is 194 cm³/mol. The molecule has 2 saturated carbocycles. The Morgan fingerprint density at radius 2 is 1.06 bits per heavy atom. The number of carbonyl (C=O) groups excluding carboxylic acids is 2. The standard InChI is InChI=1S/C42H58O6/c1-2-32-23-24-37-38(31-32)42(48-28-14-12-22-40(44)46-30-26-34-17-7-4-8-18-34)36-20-10-9-19-35(36)41(37)47-27-13-11-21-39(43)45-29-25-33-15-5-3-6-16-33/h9-10,19-20,23-24,31,33-34H,2-8,11-18,21-22,25-30H2,1H3. The van der Waals surface area contributed by atoms with Gasteiger partial charge in [0.05, 0.1) is 26.4 Å². The van der Waals surface area contributed by atoms with E-state index >= 15 is 0 Å². The second-order valence-corrected chi connectivity index (χ2v) is 14.1. The summed E-state index contributed by atoms with van der Waals surface area (Å²) < 4.78 is 24.1. The quantitative estimate of drug-likeness (QED) is 0.0725. The highest BCUT2D eigenvalue weighted by atomic mass is 16.5. The van der Waals surface area contributed by atoms with Crippen molar-refractivity contribution in [3.05, 3.63) is 48.0 Å². The molecular formula is C42H58O6. The molecule has 0 bridgehead atoms. The van der Waals surface area contributed by atoms with Crippen molar-refractivity contribution in [1.82, 2.24) is 0 Å². The Bertz CT molecular complexity index is 1440. The molecule has 0 amide bonds. The molecule has 262 valence electrons. The smallest absolute Gasteiger partial charge is 0.305 e. The van der Waals surface area contributed by atoms with E-state index in [1.807, 2.05) is 12.1 Å². The van der Waals surface area contributed by atoms with Gasteiger partial charge in [-0.15, -0.1) is 0 Å². The summed E-state index contributed by atoms with van der Waals surface area (Å²) in [5.41, 5.74) is 1.24. The van der Waals surface area contributed by atoms with Crippen LogP contribution < -0.4 is 9.47 Å². The van der Waals surface area contributed by atoms with Gasteiger partial charge in [0, 0.05) is 34.4 Å². The average Bonchev–Trinajstić information content (AvgIpc) is 3.12. The van der Waals surface area contributed by atoms with Crippen LogP contribution >= 0.6 is 0 Å². The van der Waals surface area contributed by atoms with E-state index in [-0.39, 0.29) is 11.9 Å². The lowest BCUT2D eigenvalue weighted by Gasteiger charge is -2.21. The van der Waals surface area contributed by atoms with Crippen LogP contribution in [0.25, 0.3) is 21.5 Å². The van der Waals surface area contributed by atoms with Crippen molar-refractivity contribution in [2.45, 2.75) is 129 Å². The van der Waals surface area contributed by atoms with Gasteiger partial charge in [-0.2, -0.15) is 0 Å². The van der Waals surface area contributed by atoms with E-state index in [1.165, 1.54) is 69.8 Å². The Morgan fingerprint density at radius 3 is 1.56 bits per heavy atom. The number of fused-ring (bicyclic) bond motifs is 2. The summed E-state index contributed by atoms with van der Waals surface area (Å²) >= 11 is 0. The number of esters is 2. The van der Waals surface area contributed by atoms with Gasteiger partial charge in [-0.3, -0.25) is 9.59 Å². The van der Waals surface area contributed by atoms with Gasteiger partial charge in [0.15, 0.2) is 0 Å². The lowest BCUT2D eigenvalue weighted by atomic mass is 9.87. The van der Waals surface area contributed by atoms with Gasteiger partial charge in [0.25, 0.3) is 0 Å². The molecule has 2 fully saturated rings. The van der Waals surface area contributed by atoms with Crippen molar-refractivity contribution in [3.63, 3.8) is 0 Å². The van der Waals surface area contributed by atoms with Crippen LogP contribution in [0, 0.1) is 11.8 Å². The number of rotatable bonds is 19. The molecule has 0 atom stereocenters. The Morgan fingerprint density at radius 1 is 0.583 bits per heavy atom.